The zero-order chi connectivity index (χ0) is 17.4. The van der Waals surface area contributed by atoms with Crippen LogP contribution >= 0.6 is 11.3 Å². The van der Waals surface area contributed by atoms with Gasteiger partial charge in [-0.25, -0.2) is 13.1 Å². The Kier molecular flexibility index (Phi) is 6.96. The summed E-state index contributed by atoms with van der Waals surface area (Å²) in [7, 11) is -3.46. The van der Waals surface area contributed by atoms with E-state index in [2.05, 4.69) is 4.72 Å². The summed E-state index contributed by atoms with van der Waals surface area (Å²) in [4.78, 5) is 12.7. The zero-order valence-corrected chi connectivity index (χ0v) is 15.2. The van der Waals surface area contributed by atoms with Crippen LogP contribution in [0.1, 0.15) is 23.8 Å². The Hall–Kier alpha value is -1.70. The third-order valence-corrected chi connectivity index (χ3v) is 5.87. The van der Waals surface area contributed by atoms with Crippen molar-refractivity contribution in [2.45, 2.75) is 31.1 Å². The van der Waals surface area contributed by atoms with Crippen LogP contribution in [-0.4, -0.2) is 27.5 Å². The summed E-state index contributed by atoms with van der Waals surface area (Å²) in [6.45, 7) is 2.53. The molecule has 0 saturated heterocycles. The summed E-state index contributed by atoms with van der Waals surface area (Å²) in [6.07, 6.45) is 1.63. The van der Waals surface area contributed by atoms with E-state index in [1.54, 1.807) is 48.6 Å². The number of esters is 1. The highest BCUT2D eigenvalue weighted by molar-refractivity contribution is 7.89. The molecule has 5 nitrogen and oxygen atoms in total. The summed E-state index contributed by atoms with van der Waals surface area (Å²) >= 11 is 1.58. The minimum atomic E-state index is -3.46. The zero-order valence-electron chi connectivity index (χ0n) is 13.5. The number of thiophene rings is 1. The molecule has 0 amide bonds. The summed E-state index contributed by atoms with van der Waals surface area (Å²) in [5.74, 6) is -0.192. The van der Waals surface area contributed by atoms with Gasteiger partial charge in [-0.2, -0.15) is 0 Å². The van der Waals surface area contributed by atoms with Crippen LogP contribution in [0.15, 0.2) is 46.7 Å². The lowest BCUT2D eigenvalue weighted by molar-refractivity contribution is -0.143. The maximum absolute atomic E-state index is 12.1. The number of hydrogen-bond donors (Lipinski definition) is 1. The first-order chi connectivity index (χ1) is 11.5. The smallest absolute Gasteiger partial charge is 0.306 e. The molecule has 0 aliphatic rings. The minimum Gasteiger partial charge on any atom is -0.466 e. The Morgan fingerprint density at radius 1 is 1.21 bits per heavy atom. The molecule has 24 heavy (non-hydrogen) atoms. The van der Waals surface area contributed by atoms with Crippen LogP contribution in [0.25, 0.3) is 0 Å². The predicted octanol–water partition coefficient (Wildman–Crippen LogP) is 2.76. The molecule has 7 heteroatoms. The molecule has 0 bridgehead atoms. The number of rotatable bonds is 9. The summed E-state index contributed by atoms with van der Waals surface area (Å²) < 4.78 is 31.7. The van der Waals surface area contributed by atoms with E-state index in [9.17, 15) is 13.2 Å². The van der Waals surface area contributed by atoms with Gasteiger partial charge in [0, 0.05) is 11.4 Å². The van der Waals surface area contributed by atoms with E-state index >= 15 is 0 Å². The van der Waals surface area contributed by atoms with Gasteiger partial charge in [-0.1, -0.05) is 18.2 Å². The molecule has 1 N–H and O–H groups in total. The maximum Gasteiger partial charge on any atom is 0.306 e. The average Bonchev–Trinajstić information content (AvgIpc) is 3.02. The molecule has 130 valence electrons. The Morgan fingerprint density at radius 2 is 1.96 bits per heavy atom. The van der Waals surface area contributed by atoms with Crippen molar-refractivity contribution in [1.29, 1.82) is 0 Å². The van der Waals surface area contributed by atoms with Gasteiger partial charge in [0.25, 0.3) is 0 Å². The van der Waals surface area contributed by atoms with E-state index in [1.807, 2.05) is 11.4 Å². The van der Waals surface area contributed by atoms with Gasteiger partial charge < -0.3 is 4.74 Å². The third kappa shape index (κ3) is 5.74. The van der Waals surface area contributed by atoms with Crippen molar-refractivity contribution >= 4 is 27.3 Å². The number of aryl methyl sites for hydroxylation is 1. The summed E-state index contributed by atoms with van der Waals surface area (Å²) in [6, 6.07) is 10.3. The Bertz CT molecular complexity index is 754. The molecule has 1 aromatic carbocycles. The predicted molar refractivity (Wildman–Crippen MR) is 94.6 cm³/mol. The minimum absolute atomic E-state index is 0.192. The van der Waals surface area contributed by atoms with Gasteiger partial charge >= 0.3 is 5.97 Å². The van der Waals surface area contributed by atoms with Crippen LogP contribution in [0.4, 0.5) is 0 Å². The van der Waals surface area contributed by atoms with Gasteiger partial charge in [-0.05, 0) is 48.9 Å². The maximum atomic E-state index is 12.1. The summed E-state index contributed by atoms with van der Waals surface area (Å²) in [5.41, 5.74) is 1.06. The van der Waals surface area contributed by atoms with E-state index < -0.39 is 10.0 Å². The van der Waals surface area contributed by atoms with Crippen LogP contribution < -0.4 is 4.72 Å². The number of sulfonamides is 1. The van der Waals surface area contributed by atoms with Gasteiger partial charge in [0.05, 0.1) is 17.9 Å². The molecule has 1 aromatic heterocycles. The molecular formula is C17H21NO4S2. The van der Waals surface area contributed by atoms with Crippen molar-refractivity contribution in [2.24, 2.45) is 0 Å². The topological polar surface area (TPSA) is 72.5 Å². The lowest BCUT2D eigenvalue weighted by Crippen LogP contribution is -2.25. The normalized spacial score (nSPS) is 11.4. The van der Waals surface area contributed by atoms with E-state index in [-0.39, 0.29) is 10.9 Å². The van der Waals surface area contributed by atoms with Gasteiger partial charge in [0.15, 0.2) is 0 Å². The highest BCUT2D eigenvalue weighted by Crippen LogP contribution is 2.17. The van der Waals surface area contributed by atoms with Gasteiger partial charge in [0.1, 0.15) is 0 Å². The van der Waals surface area contributed by atoms with Crippen molar-refractivity contribution in [3.63, 3.8) is 0 Å². The van der Waals surface area contributed by atoms with E-state index in [4.69, 9.17) is 4.74 Å². The van der Waals surface area contributed by atoms with Gasteiger partial charge in [-0.15, -0.1) is 11.3 Å². The Labute approximate surface area is 146 Å². The van der Waals surface area contributed by atoms with Crippen molar-refractivity contribution < 1.29 is 17.9 Å². The molecule has 0 unspecified atom stereocenters. The summed E-state index contributed by atoms with van der Waals surface area (Å²) in [5, 5.41) is 2.00. The fourth-order valence-electron chi connectivity index (χ4n) is 2.16. The monoisotopic (exact) mass is 367 g/mol. The number of benzene rings is 1. The standard InChI is InChI=1S/C17H21NO4S2/c1-2-22-17(19)9-8-15-12-14(13-23-15)10-11-18-24(20,21)16-6-4-3-5-7-16/h3-7,12-13,18H,2,8-11H2,1H3. The lowest BCUT2D eigenvalue weighted by Gasteiger charge is -2.05. The molecule has 0 atom stereocenters. The van der Waals surface area contributed by atoms with E-state index in [0.717, 1.165) is 10.4 Å². The van der Waals surface area contributed by atoms with Crippen LogP contribution in [0, 0.1) is 0 Å². The second kappa shape index (κ2) is 8.96. The first-order valence-electron chi connectivity index (χ1n) is 7.78. The Morgan fingerprint density at radius 3 is 2.67 bits per heavy atom. The molecular weight excluding hydrogens is 346 g/mol. The number of nitrogens with one attached hydrogen (secondary N) is 1. The van der Waals surface area contributed by atoms with Gasteiger partial charge in [0.2, 0.25) is 10.0 Å². The molecule has 0 spiro atoms. The van der Waals surface area contributed by atoms with Crippen LogP contribution in [-0.2, 0) is 32.4 Å². The van der Waals surface area contributed by atoms with Crippen molar-refractivity contribution in [2.75, 3.05) is 13.2 Å². The molecule has 0 aliphatic heterocycles. The molecule has 2 aromatic rings. The Balaban J connectivity index is 1.80. The van der Waals surface area contributed by atoms with Crippen molar-refractivity contribution in [3.05, 3.63) is 52.2 Å². The van der Waals surface area contributed by atoms with E-state index in [0.29, 0.717) is 32.4 Å². The first-order valence-corrected chi connectivity index (χ1v) is 10.1. The number of carbonyl (C=O) groups excluding carboxylic acids is 1. The number of ether oxygens (including phenoxy) is 1. The average molecular weight is 367 g/mol. The highest BCUT2D eigenvalue weighted by Gasteiger charge is 2.12. The fraction of sp³-hybridized carbons (Fsp3) is 0.353. The molecule has 1 heterocycles. The second-order valence-corrected chi connectivity index (χ2v) is 7.95. The third-order valence-electron chi connectivity index (χ3n) is 3.35. The molecule has 2 rings (SSSR count). The lowest BCUT2D eigenvalue weighted by atomic mass is 10.2. The van der Waals surface area contributed by atoms with E-state index in [1.165, 1.54) is 0 Å². The van der Waals surface area contributed by atoms with Crippen LogP contribution in [0.5, 0.6) is 0 Å². The largest absolute Gasteiger partial charge is 0.466 e. The number of carbonyl (C=O) groups is 1. The van der Waals surface area contributed by atoms with Crippen LogP contribution in [0.2, 0.25) is 0 Å². The fourth-order valence-corrected chi connectivity index (χ4v) is 4.14. The first kappa shape index (κ1) is 18.6. The van der Waals surface area contributed by atoms with Gasteiger partial charge in [-0.3, -0.25) is 4.79 Å². The molecule has 0 radical (unpaired) electrons. The van der Waals surface area contributed by atoms with Crippen LogP contribution in [0.3, 0.4) is 0 Å². The number of hydrogen-bond acceptors (Lipinski definition) is 5. The molecule has 0 saturated carbocycles. The van der Waals surface area contributed by atoms with Crippen molar-refractivity contribution in [3.8, 4) is 0 Å². The quantitative estimate of drug-likeness (QED) is 0.692. The van der Waals surface area contributed by atoms with Crippen molar-refractivity contribution in [1.82, 2.24) is 4.72 Å². The SMILES string of the molecule is CCOC(=O)CCc1cc(CCNS(=O)(=O)c2ccccc2)cs1. The second-order valence-electron chi connectivity index (χ2n) is 5.19. The highest BCUT2D eigenvalue weighted by atomic mass is 32.2. The molecule has 0 aliphatic carbocycles. The molecule has 0 fully saturated rings.